The summed E-state index contributed by atoms with van der Waals surface area (Å²) in [4.78, 5) is 11.0. The number of ether oxygens (including phenoxy) is 1. The first-order chi connectivity index (χ1) is 17.3. The van der Waals surface area contributed by atoms with Gasteiger partial charge in [0.1, 0.15) is 17.3 Å². The summed E-state index contributed by atoms with van der Waals surface area (Å²) < 4.78 is 45.8. The molecule has 0 aliphatic heterocycles. The second-order valence-corrected chi connectivity index (χ2v) is 9.17. The third-order valence-corrected chi connectivity index (χ3v) is 6.37. The molecule has 0 spiro atoms. The molecule has 0 radical (unpaired) electrons. The highest BCUT2D eigenvalue weighted by Crippen LogP contribution is 2.30. The molecule has 184 valence electrons. The highest BCUT2D eigenvalue weighted by Gasteiger charge is 2.15. The molecule has 4 aromatic rings. The summed E-state index contributed by atoms with van der Waals surface area (Å²) in [6.07, 6.45) is 0. The summed E-state index contributed by atoms with van der Waals surface area (Å²) in [5, 5.41) is 9.02. The Morgan fingerprint density at radius 1 is 0.944 bits per heavy atom. The smallest absolute Gasteiger partial charge is 0.335 e. The lowest BCUT2D eigenvalue weighted by atomic mass is 9.99. The van der Waals surface area contributed by atoms with E-state index < -0.39 is 23.1 Å². The topological polar surface area (TPSA) is 89.9 Å². The van der Waals surface area contributed by atoms with Crippen molar-refractivity contribution >= 4 is 17.2 Å². The Hall–Kier alpha value is -3.85. The minimum absolute atomic E-state index is 0.0241. The van der Waals surface area contributed by atoms with Crippen LogP contribution in [0.4, 0.5) is 4.39 Å². The van der Waals surface area contributed by atoms with Crippen LogP contribution in [-0.2, 0) is 24.4 Å². The van der Waals surface area contributed by atoms with Crippen LogP contribution in [0.3, 0.4) is 0 Å². The van der Waals surface area contributed by atoms with Gasteiger partial charge in [-0.05, 0) is 77.7 Å². The van der Waals surface area contributed by atoms with Crippen molar-refractivity contribution in [1.82, 2.24) is 4.31 Å². The predicted molar refractivity (Wildman–Crippen MR) is 135 cm³/mol. The van der Waals surface area contributed by atoms with Gasteiger partial charge in [0.25, 0.3) is 0 Å². The lowest BCUT2D eigenvalue weighted by molar-refractivity contribution is 0.0697. The van der Waals surface area contributed by atoms with E-state index >= 15 is 4.39 Å². The Bertz CT molecular complexity index is 1380. The van der Waals surface area contributed by atoms with Gasteiger partial charge in [0.05, 0.1) is 5.56 Å². The zero-order valence-electron chi connectivity index (χ0n) is 19.4. The summed E-state index contributed by atoms with van der Waals surface area (Å²) >= 11 is -2.56. The molecule has 0 fully saturated rings. The lowest BCUT2D eigenvalue weighted by Crippen LogP contribution is -2.25. The normalized spacial score (nSPS) is 11.9. The Kier molecular flexibility index (Phi) is 7.90. The first-order valence-corrected chi connectivity index (χ1v) is 12.1. The molecule has 4 rings (SSSR count). The van der Waals surface area contributed by atoms with Gasteiger partial charge in [-0.15, -0.1) is 0 Å². The number of carboxylic acid groups (broad SMARTS) is 1. The number of aryl methyl sites for hydroxylation is 1. The molecule has 4 aromatic carbocycles. The molecule has 8 heteroatoms. The van der Waals surface area contributed by atoms with E-state index in [0.29, 0.717) is 33.8 Å². The Labute approximate surface area is 211 Å². The van der Waals surface area contributed by atoms with Gasteiger partial charge in [-0.1, -0.05) is 42.5 Å². The van der Waals surface area contributed by atoms with Crippen LogP contribution in [0.25, 0.3) is 11.1 Å². The van der Waals surface area contributed by atoms with Crippen LogP contribution in [0.2, 0.25) is 0 Å². The van der Waals surface area contributed by atoms with Gasteiger partial charge in [-0.2, -0.15) is 0 Å². The van der Waals surface area contributed by atoms with Crippen LogP contribution >= 0.6 is 0 Å². The third-order valence-electron chi connectivity index (χ3n) is 5.69. The van der Waals surface area contributed by atoms with Crippen molar-refractivity contribution in [2.75, 3.05) is 0 Å². The van der Waals surface area contributed by atoms with E-state index in [2.05, 4.69) is 0 Å². The van der Waals surface area contributed by atoms with Crippen molar-refractivity contribution in [3.8, 4) is 22.6 Å². The van der Waals surface area contributed by atoms with Gasteiger partial charge in [0.15, 0.2) is 0 Å². The van der Waals surface area contributed by atoms with Crippen molar-refractivity contribution in [1.29, 1.82) is 0 Å². The van der Waals surface area contributed by atoms with Gasteiger partial charge < -0.3 is 14.4 Å². The number of nitrogens with zero attached hydrogens (tertiary/aromatic N) is 1. The van der Waals surface area contributed by atoms with E-state index in [1.54, 1.807) is 49.4 Å². The van der Waals surface area contributed by atoms with E-state index in [1.165, 1.54) is 18.2 Å². The summed E-state index contributed by atoms with van der Waals surface area (Å²) in [7, 11) is 0. The molecule has 0 aliphatic carbocycles. The van der Waals surface area contributed by atoms with Crippen molar-refractivity contribution in [2.24, 2.45) is 0 Å². The van der Waals surface area contributed by atoms with Crippen molar-refractivity contribution in [3.05, 3.63) is 119 Å². The van der Waals surface area contributed by atoms with E-state index in [4.69, 9.17) is 9.84 Å². The van der Waals surface area contributed by atoms with Crippen LogP contribution < -0.4 is 4.74 Å². The summed E-state index contributed by atoms with van der Waals surface area (Å²) in [6, 6.07) is 25.4. The maximum absolute atomic E-state index is 15.1. The molecule has 36 heavy (non-hydrogen) atoms. The third kappa shape index (κ3) is 6.23. The SMILES string of the molecule is Cc1cc(-c2ccc(Oc3ccccc3)cc2)c(F)cc1CN(Cc1ccc(C(=O)O)cc1)S(=O)[O-]. The second-order valence-electron chi connectivity index (χ2n) is 8.22. The van der Waals surface area contributed by atoms with Crippen LogP contribution in [-0.4, -0.2) is 24.1 Å². The summed E-state index contributed by atoms with van der Waals surface area (Å²) in [5.41, 5.74) is 3.09. The number of halogens is 1. The molecular weight excluding hydrogens is 481 g/mol. The van der Waals surface area contributed by atoms with Crippen molar-refractivity contribution in [2.45, 2.75) is 20.0 Å². The summed E-state index contributed by atoms with van der Waals surface area (Å²) in [5.74, 6) is -0.191. The number of hydrogen-bond acceptors (Lipinski definition) is 4. The molecule has 0 aromatic heterocycles. The van der Waals surface area contributed by atoms with E-state index in [9.17, 15) is 13.6 Å². The van der Waals surface area contributed by atoms with Gasteiger partial charge in [-0.3, -0.25) is 4.21 Å². The average molecular weight is 505 g/mol. The molecule has 1 atom stereocenters. The monoisotopic (exact) mass is 504 g/mol. The van der Waals surface area contributed by atoms with Crippen LogP contribution in [0, 0.1) is 12.7 Å². The lowest BCUT2D eigenvalue weighted by Gasteiger charge is -2.25. The van der Waals surface area contributed by atoms with Gasteiger partial charge in [0, 0.05) is 29.9 Å². The second kappa shape index (κ2) is 11.3. The van der Waals surface area contributed by atoms with E-state index in [0.717, 1.165) is 9.87 Å². The quantitative estimate of drug-likeness (QED) is 0.279. The van der Waals surface area contributed by atoms with Gasteiger partial charge in [0.2, 0.25) is 0 Å². The molecule has 0 heterocycles. The fourth-order valence-corrected chi connectivity index (χ4v) is 4.25. The summed E-state index contributed by atoms with van der Waals surface area (Å²) in [6.45, 7) is 1.81. The number of hydrogen-bond donors (Lipinski definition) is 1. The van der Waals surface area contributed by atoms with E-state index in [-0.39, 0.29) is 18.7 Å². The van der Waals surface area contributed by atoms with Crippen molar-refractivity contribution < 1.29 is 27.8 Å². The Morgan fingerprint density at radius 3 is 2.19 bits per heavy atom. The molecule has 0 aliphatic rings. The number of aromatic carboxylic acids is 1. The highest BCUT2D eigenvalue weighted by atomic mass is 32.2. The molecule has 0 saturated heterocycles. The molecule has 0 amide bonds. The highest BCUT2D eigenvalue weighted by molar-refractivity contribution is 7.76. The number of rotatable bonds is 9. The van der Waals surface area contributed by atoms with E-state index in [1.807, 2.05) is 30.3 Å². The maximum Gasteiger partial charge on any atom is 0.335 e. The average Bonchev–Trinajstić information content (AvgIpc) is 2.87. The molecule has 1 unspecified atom stereocenters. The van der Waals surface area contributed by atoms with Crippen molar-refractivity contribution in [3.63, 3.8) is 0 Å². The Balaban J connectivity index is 1.50. The molecule has 0 saturated carbocycles. The first-order valence-electron chi connectivity index (χ1n) is 11.1. The van der Waals surface area contributed by atoms with Gasteiger partial charge >= 0.3 is 5.97 Å². The molecule has 6 nitrogen and oxygen atoms in total. The number of benzene rings is 4. The first kappa shape index (κ1) is 25.2. The minimum Gasteiger partial charge on any atom is -0.760 e. The predicted octanol–water partition coefficient (Wildman–Crippen LogP) is 6.09. The molecule has 0 bridgehead atoms. The Morgan fingerprint density at radius 2 is 1.58 bits per heavy atom. The zero-order chi connectivity index (χ0) is 25.7. The molecule has 1 N–H and O–H groups in total. The minimum atomic E-state index is -2.56. The molecular formula is C28H23FNO5S-. The van der Waals surface area contributed by atoms with Crippen LogP contribution in [0.5, 0.6) is 11.5 Å². The number of para-hydroxylation sites is 1. The fraction of sp³-hybridized carbons (Fsp3) is 0.107. The number of carbonyl (C=O) groups is 1. The maximum atomic E-state index is 15.1. The largest absolute Gasteiger partial charge is 0.760 e. The van der Waals surface area contributed by atoms with Crippen LogP contribution in [0.1, 0.15) is 27.0 Å². The standard InChI is InChI=1S/C28H24FNO5S/c1-19-15-26(21-11-13-25(14-12-21)35-24-5-3-2-4-6-24)27(29)16-23(19)18-30(36(33)34)17-20-7-9-22(10-8-20)28(31)32/h2-16H,17-18H2,1H3,(H,31,32)(H,33,34)/p-1. The van der Waals surface area contributed by atoms with Gasteiger partial charge in [-0.25, -0.2) is 13.5 Å². The zero-order valence-corrected chi connectivity index (χ0v) is 20.2. The number of carboxylic acids is 1. The van der Waals surface area contributed by atoms with Crippen LogP contribution in [0.15, 0.2) is 91.0 Å². The fourth-order valence-electron chi connectivity index (χ4n) is 3.75.